The Balaban J connectivity index is 0. The van der Waals surface area contributed by atoms with E-state index in [1.165, 1.54) is 12.8 Å². The van der Waals surface area contributed by atoms with Gasteiger partial charge < -0.3 is 31.0 Å². The number of hydrogen-bond acceptors (Lipinski definition) is 3. The van der Waals surface area contributed by atoms with Crippen LogP contribution in [0.1, 0.15) is 25.7 Å². The topological polar surface area (TPSA) is 172 Å². The maximum absolute atomic E-state index is 9.63. The van der Waals surface area contributed by atoms with E-state index in [9.17, 15) is 9.13 Å². The van der Waals surface area contributed by atoms with Crippen molar-refractivity contribution in [2.75, 3.05) is 0 Å². The average molecular weight is 485 g/mol. The largest absolute Gasteiger partial charge is 2.00 e. The molecular weight excluding hydrogens is 469 g/mol. The number of nitrogens with one attached hydrogen (secondary N) is 2. The molecule has 1 aliphatic carbocycles. The molecule has 0 bridgehead atoms. The summed E-state index contributed by atoms with van der Waals surface area (Å²) in [6, 6.07) is -0.160. The maximum atomic E-state index is 9.63. The van der Waals surface area contributed by atoms with Gasteiger partial charge in [-0.1, -0.05) is 25.7 Å². The summed E-state index contributed by atoms with van der Waals surface area (Å²) >= 11 is 0. The normalized spacial score (nSPS) is 24.6. The fraction of sp³-hybridized carbons (Fsp3) is 1.00. The molecule has 0 aromatic rings. The molecule has 0 amide bonds. The van der Waals surface area contributed by atoms with Crippen molar-refractivity contribution in [1.29, 1.82) is 0 Å². The monoisotopic (exact) mass is 485 g/mol. The molecule has 1 rings (SSSR count). The van der Waals surface area contributed by atoms with Crippen LogP contribution in [0.15, 0.2) is 0 Å². The molecule has 12 heteroatoms. The molecule has 0 aromatic carbocycles. The molecule has 0 aromatic heterocycles. The van der Waals surface area contributed by atoms with E-state index in [2.05, 4.69) is 4.31 Å². The molecule has 0 aliphatic heterocycles. The number of rotatable bonds is 2. The minimum atomic E-state index is -5.05. The molecule has 1 saturated carbocycles. The van der Waals surface area contributed by atoms with Gasteiger partial charge in [-0.25, -0.2) is 9.13 Å². The van der Waals surface area contributed by atoms with Crippen LogP contribution in [-0.2, 0) is 34.5 Å². The molecule has 0 saturated heterocycles. The van der Waals surface area contributed by atoms with Crippen molar-refractivity contribution < 1.29 is 54.1 Å². The standard InChI is InChI=1S/C6H12N2.H4O7P2.Pt/c7-5-3-1-2-4-6(5)8;1-8(2,3)7-9(4,5)6;/h5-8H,1-4H2;(H2,1,2,3)(H2,4,5,6);/q-2;;+2. The van der Waals surface area contributed by atoms with E-state index in [-0.39, 0.29) is 33.1 Å². The van der Waals surface area contributed by atoms with Crippen molar-refractivity contribution in [2.45, 2.75) is 37.8 Å². The summed E-state index contributed by atoms with van der Waals surface area (Å²) in [6.07, 6.45) is 4.25. The molecule has 0 heterocycles. The Labute approximate surface area is 119 Å². The summed E-state index contributed by atoms with van der Waals surface area (Å²) < 4.78 is 22.2. The SMILES string of the molecule is O=P(O)(O)OP(=O)(O)O.[NH-]C1CCCCC1[NH-].[Pt+2]. The molecule has 0 radical (unpaired) electrons. The van der Waals surface area contributed by atoms with Crippen molar-refractivity contribution in [1.82, 2.24) is 0 Å². The molecule has 1 aliphatic rings. The van der Waals surface area contributed by atoms with Gasteiger partial charge in [-0.2, -0.15) is 16.4 Å². The van der Waals surface area contributed by atoms with Crippen LogP contribution in [0, 0.1) is 0 Å². The molecule has 2 atom stereocenters. The fourth-order valence-corrected chi connectivity index (χ4v) is 2.38. The van der Waals surface area contributed by atoms with E-state index in [0.717, 1.165) is 12.8 Å². The van der Waals surface area contributed by atoms with Gasteiger partial charge in [0.15, 0.2) is 0 Å². The van der Waals surface area contributed by atoms with E-state index < -0.39 is 15.6 Å². The van der Waals surface area contributed by atoms with E-state index in [1.54, 1.807) is 0 Å². The van der Waals surface area contributed by atoms with Crippen molar-refractivity contribution in [3.8, 4) is 0 Å². The van der Waals surface area contributed by atoms with Crippen LogP contribution >= 0.6 is 15.6 Å². The second-order valence-corrected chi connectivity index (χ2v) is 6.18. The third-order valence-corrected chi connectivity index (χ3v) is 3.68. The summed E-state index contributed by atoms with van der Waals surface area (Å²) in [5, 5.41) is 0. The zero-order valence-corrected chi connectivity index (χ0v) is 13.3. The van der Waals surface area contributed by atoms with Crippen LogP contribution in [0.4, 0.5) is 0 Å². The van der Waals surface area contributed by atoms with Gasteiger partial charge in [-0.15, -0.1) is 0 Å². The Morgan fingerprint density at radius 2 is 1.17 bits per heavy atom. The first kappa shape index (κ1) is 21.2. The van der Waals surface area contributed by atoms with Crippen molar-refractivity contribution >= 4 is 15.6 Å². The number of phosphoric acid groups is 2. The summed E-state index contributed by atoms with van der Waals surface area (Å²) in [7, 11) is -10.1. The molecule has 112 valence electrons. The van der Waals surface area contributed by atoms with Gasteiger partial charge in [0, 0.05) is 0 Å². The van der Waals surface area contributed by atoms with Crippen molar-refractivity contribution in [3.05, 3.63) is 11.5 Å². The Morgan fingerprint density at radius 1 is 0.889 bits per heavy atom. The van der Waals surface area contributed by atoms with Crippen LogP contribution in [0.25, 0.3) is 11.5 Å². The van der Waals surface area contributed by atoms with Crippen LogP contribution in [0.3, 0.4) is 0 Å². The number of hydrogen-bond donors (Lipinski definition) is 4. The third kappa shape index (κ3) is 13.3. The zero-order chi connectivity index (χ0) is 13.7. The molecule has 1 fully saturated rings. The van der Waals surface area contributed by atoms with E-state index >= 15 is 0 Å². The van der Waals surface area contributed by atoms with Crippen molar-refractivity contribution in [3.63, 3.8) is 0 Å². The van der Waals surface area contributed by atoms with Crippen LogP contribution in [0.2, 0.25) is 0 Å². The van der Waals surface area contributed by atoms with E-state index in [0.29, 0.717) is 0 Å². The van der Waals surface area contributed by atoms with Gasteiger partial charge in [-0.3, -0.25) is 0 Å². The van der Waals surface area contributed by atoms with Crippen molar-refractivity contribution in [2.24, 2.45) is 0 Å². The molecule has 9 nitrogen and oxygen atoms in total. The van der Waals surface area contributed by atoms with Crippen LogP contribution in [0.5, 0.6) is 0 Å². The van der Waals surface area contributed by atoms with Gasteiger partial charge in [0.25, 0.3) is 0 Å². The Hall–Kier alpha value is 0.868. The average Bonchev–Trinajstić information content (AvgIpc) is 2.04. The maximum Gasteiger partial charge on any atom is 2.00 e. The smallest absolute Gasteiger partial charge is 0.676 e. The molecular formula is C6H16N2O7P2Pt. The molecule has 0 spiro atoms. The Kier molecular flexibility index (Phi) is 10.5. The first-order chi connectivity index (χ1) is 7.51. The second kappa shape index (κ2) is 8.92. The van der Waals surface area contributed by atoms with E-state index in [1.807, 2.05) is 0 Å². The molecule has 18 heavy (non-hydrogen) atoms. The Morgan fingerprint density at radius 3 is 1.28 bits per heavy atom. The van der Waals surface area contributed by atoms with Gasteiger partial charge in [0.2, 0.25) is 0 Å². The van der Waals surface area contributed by atoms with Crippen LogP contribution < -0.4 is 0 Å². The summed E-state index contributed by atoms with van der Waals surface area (Å²) in [5.74, 6) is 0. The molecule has 6 N–H and O–H groups in total. The predicted octanol–water partition coefficient (Wildman–Crippen LogP) is 1.59. The van der Waals surface area contributed by atoms with Gasteiger partial charge in [0.1, 0.15) is 0 Å². The van der Waals surface area contributed by atoms with Crippen LogP contribution in [-0.4, -0.2) is 31.7 Å². The van der Waals surface area contributed by atoms with Gasteiger partial charge >= 0.3 is 36.7 Å². The van der Waals surface area contributed by atoms with E-state index in [4.69, 9.17) is 31.0 Å². The summed E-state index contributed by atoms with van der Waals surface area (Å²) in [4.78, 5) is 31.0. The quantitative estimate of drug-likeness (QED) is 0.430. The Bertz CT molecular complexity index is 289. The minimum absolute atomic E-state index is 0. The first-order valence-corrected chi connectivity index (χ1v) is 7.82. The van der Waals surface area contributed by atoms with Gasteiger partial charge in [0.05, 0.1) is 0 Å². The predicted molar refractivity (Wildman–Crippen MR) is 59.9 cm³/mol. The fourth-order valence-electron chi connectivity index (χ4n) is 1.27. The van der Waals surface area contributed by atoms with Gasteiger partial charge in [-0.05, 0) is 0 Å². The zero-order valence-electron chi connectivity index (χ0n) is 9.21. The minimum Gasteiger partial charge on any atom is -0.676 e. The molecule has 2 unspecified atom stereocenters. The summed E-state index contributed by atoms with van der Waals surface area (Å²) in [6.45, 7) is 0. The third-order valence-electron chi connectivity index (χ3n) is 1.98. The summed E-state index contributed by atoms with van der Waals surface area (Å²) in [5.41, 5.74) is 14.6. The second-order valence-electron chi connectivity index (χ2n) is 3.56. The first-order valence-electron chi connectivity index (χ1n) is 4.76.